The average Bonchev–Trinajstić information content (AvgIpc) is 2.59. The van der Waals surface area contributed by atoms with Crippen LogP contribution in [0.25, 0.3) is 0 Å². The van der Waals surface area contributed by atoms with Crippen LogP contribution in [0.4, 0.5) is 0 Å². The van der Waals surface area contributed by atoms with E-state index in [-0.39, 0.29) is 5.92 Å². The maximum absolute atomic E-state index is 12.6. The number of carbonyl (C=O) groups is 1. The van der Waals surface area contributed by atoms with Crippen LogP contribution in [0.15, 0.2) is 18.2 Å². The molecule has 0 radical (unpaired) electrons. The molecule has 126 valence electrons. The molecule has 4 nitrogen and oxygen atoms in total. The molecule has 2 fully saturated rings. The zero-order chi connectivity index (χ0) is 16.2. The van der Waals surface area contributed by atoms with Gasteiger partial charge in [0.25, 0.3) is 0 Å². The van der Waals surface area contributed by atoms with Crippen LogP contribution in [0, 0.1) is 19.8 Å². The molecule has 23 heavy (non-hydrogen) atoms. The number of piperidine rings is 1. The summed E-state index contributed by atoms with van der Waals surface area (Å²) >= 11 is 0. The Kier molecular flexibility index (Phi) is 5.34. The molecule has 0 N–H and O–H groups in total. The van der Waals surface area contributed by atoms with E-state index >= 15 is 0 Å². The summed E-state index contributed by atoms with van der Waals surface area (Å²) in [5.74, 6) is 0.558. The molecule has 0 spiro atoms. The van der Waals surface area contributed by atoms with Gasteiger partial charge in [-0.2, -0.15) is 0 Å². The maximum atomic E-state index is 12.6. The third-order valence-corrected chi connectivity index (χ3v) is 5.16. The molecular formula is C19H28N2O2. The predicted octanol–water partition coefficient (Wildman–Crippen LogP) is 2.37. The molecule has 0 atom stereocenters. The van der Waals surface area contributed by atoms with Crippen LogP contribution >= 0.6 is 0 Å². The quantitative estimate of drug-likeness (QED) is 0.858. The first kappa shape index (κ1) is 16.5. The van der Waals surface area contributed by atoms with E-state index in [0.29, 0.717) is 19.1 Å². The van der Waals surface area contributed by atoms with Gasteiger partial charge < -0.3 is 9.64 Å². The first-order valence-corrected chi connectivity index (χ1v) is 8.78. The van der Waals surface area contributed by atoms with E-state index in [1.807, 2.05) is 4.90 Å². The monoisotopic (exact) mass is 316 g/mol. The largest absolute Gasteiger partial charge is 0.378 e. The van der Waals surface area contributed by atoms with Crippen LogP contribution < -0.4 is 0 Å². The Morgan fingerprint density at radius 3 is 2.52 bits per heavy atom. The number of morpholine rings is 1. The molecule has 0 saturated carbocycles. The van der Waals surface area contributed by atoms with E-state index < -0.39 is 0 Å². The Balaban J connectivity index is 1.52. The molecule has 3 rings (SSSR count). The molecule has 1 aromatic carbocycles. The predicted molar refractivity (Wildman–Crippen MR) is 91.3 cm³/mol. The lowest BCUT2D eigenvalue weighted by atomic mass is 9.94. The Bertz CT molecular complexity index is 544. The first-order chi connectivity index (χ1) is 11.1. The highest BCUT2D eigenvalue weighted by Gasteiger charge is 2.29. The Labute approximate surface area is 139 Å². The third kappa shape index (κ3) is 4.12. The van der Waals surface area contributed by atoms with Crippen molar-refractivity contribution in [3.8, 4) is 0 Å². The third-order valence-electron chi connectivity index (χ3n) is 5.16. The van der Waals surface area contributed by atoms with E-state index in [1.54, 1.807) is 0 Å². The second-order valence-corrected chi connectivity index (χ2v) is 6.92. The fraction of sp³-hybridized carbons (Fsp3) is 0.632. The van der Waals surface area contributed by atoms with Crippen molar-refractivity contribution in [1.82, 2.24) is 9.80 Å². The topological polar surface area (TPSA) is 32.8 Å². The molecule has 1 amide bonds. The molecule has 2 aliphatic heterocycles. The van der Waals surface area contributed by atoms with Crippen molar-refractivity contribution < 1.29 is 9.53 Å². The molecule has 0 unspecified atom stereocenters. The highest BCUT2D eigenvalue weighted by Crippen LogP contribution is 2.23. The van der Waals surface area contributed by atoms with Crippen LogP contribution in [-0.2, 0) is 16.1 Å². The smallest absolute Gasteiger partial charge is 0.225 e. The van der Waals surface area contributed by atoms with E-state index in [0.717, 1.165) is 45.6 Å². The Morgan fingerprint density at radius 2 is 1.83 bits per heavy atom. The summed E-state index contributed by atoms with van der Waals surface area (Å²) in [6.07, 6.45) is 1.97. The highest BCUT2D eigenvalue weighted by molar-refractivity contribution is 5.79. The average molecular weight is 316 g/mol. The number of hydrogen-bond acceptors (Lipinski definition) is 3. The van der Waals surface area contributed by atoms with Gasteiger partial charge in [0.2, 0.25) is 5.91 Å². The van der Waals surface area contributed by atoms with Gasteiger partial charge in [0.1, 0.15) is 0 Å². The summed E-state index contributed by atoms with van der Waals surface area (Å²) in [6, 6.07) is 6.67. The number of likely N-dealkylation sites (tertiary alicyclic amines) is 1. The summed E-state index contributed by atoms with van der Waals surface area (Å²) in [5, 5.41) is 0. The first-order valence-electron chi connectivity index (χ1n) is 8.78. The van der Waals surface area contributed by atoms with Crippen molar-refractivity contribution in [2.24, 2.45) is 5.92 Å². The number of amides is 1. The Hall–Kier alpha value is -1.39. The molecular weight excluding hydrogens is 288 g/mol. The van der Waals surface area contributed by atoms with Crippen LogP contribution in [0.5, 0.6) is 0 Å². The van der Waals surface area contributed by atoms with Gasteiger partial charge in [-0.1, -0.05) is 23.8 Å². The van der Waals surface area contributed by atoms with Gasteiger partial charge in [-0.25, -0.2) is 0 Å². The number of carbonyl (C=O) groups excluding carboxylic acids is 1. The van der Waals surface area contributed by atoms with Crippen LogP contribution in [0.2, 0.25) is 0 Å². The fourth-order valence-electron chi connectivity index (χ4n) is 3.59. The van der Waals surface area contributed by atoms with Crippen molar-refractivity contribution in [2.45, 2.75) is 33.2 Å². The van der Waals surface area contributed by atoms with E-state index in [2.05, 4.69) is 36.9 Å². The van der Waals surface area contributed by atoms with E-state index in [4.69, 9.17) is 4.74 Å². The van der Waals surface area contributed by atoms with Crippen LogP contribution in [0.3, 0.4) is 0 Å². The second kappa shape index (κ2) is 7.45. The Morgan fingerprint density at radius 1 is 1.13 bits per heavy atom. The zero-order valence-corrected chi connectivity index (χ0v) is 14.4. The van der Waals surface area contributed by atoms with Gasteiger partial charge in [-0.05, 0) is 50.9 Å². The maximum Gasteiger partial charge on any atom is 0.225 e. The highest BCUT2D eigenvalue weighted by atomic mass is 16.5. The number of hydrogen-bond donors (Lipinski definition) is 0. The van der Waals surface area contributed by atoms with Crippen molar-refractivity contribution in [3.63, 3.8) is 0 Å². The summed E-state index contributed by atoms with van der Waals surface area (Å²) in [5.41, 5.74) is 4.10. The van der Waals surface area contributed by atoms with Crippen molar-refractivity contribution in [3.05, 3.63) is 34.9 Å². The van der Waals surface area contributed by atoms with E-state index in [9.17, 15) is 4.79 Å². The van der Waals surface area contributed by atoms with Gasteiger partial charge in [0, 0.05) is 25.6 Å². The molecule has 2 saturated heterocycles. The van der Waals surface area contributed by atoms with Gasteiger partial charge in [-0.3, -0.25) is 9.69 Å². The molecule has 4 heteroatoms. The van der Waals surface area contributed by atoms with Gasteiger partial charge in [0.05, 0.1) is 13.2 Å². The zero-order valence-electron chi connectivity index (χ0n) is 14.4. The van der Waals surface area contributed by atoms with Crippen molar-refractivity contribution >= 4 is 5.91 Å². The van der Waals surface area contributed by atoms with Crippen LogP contribution in [0.1, 0.15) is 29.5 Å². The van der Waals surface area contributed by atoms with E-state index in [1.165, 1.54) is 16.7 Å². The SMILES string of the molecule is Cc1ccc(C)c(CN2CCC(C(=O)N3CCOCC3)CC2)c1. The van der Waals surface area contributed by atoms with Gasteiger partial charge in [0.15, 0.2) is 0 Å². The van der Waals surface area contributed by atoms with Gasteiger partial charge >= 0.3 is 0 Å². The molecule has 1 aromatic rings. The minimum Gasteiger partial charge on any atom is -0.378 e. The fourth-order valence-corrected chi connectivity index (χ4v) is 3.59. The molecule has 0 aromatic heterocycles. The van der Waals surface area contributed by atoms with Gasteiger partial charge in [-0.15, -0.1) is 0 Å². The summed E-state index contributed by atoms with van der Waals surface area (Å²) in [4.78, 5) is 17.1. The lowest BCUT2D eigenvalue weighted by molar-refractivity contribution is -0.141. The van der Waals surface area contributed by atoms with Crippen molar-refractivity contribution in [1.29, 1.82) is 0 Å². The summed E-state index contributed by atoms with van der Waals surface area (Å²) in [7, 11) is 0. The number of nitrogens with zero attached hydrogens (tertiary/aromatic N) is 2. The molecule has 0 aliphatic carbocycles. The second-order valence-electron chi connectivity index (χ2n) is 6.92. The lowest BCUT2D eigenvalue weighted by Crippen LogP contribution is -2.46. The molecule has 2 heterocycles. The normalized spacial score (nSPS) is 20.7. The standard InChI is InChI=1S/C19H28N2O2/c1-15-3-4-16(2)18(13-15)14-20-7-5-17(6-8-20)19(22)21-9-11-23-12-10-21/h3-4,13,17H,5-12,14H2,1-2H3. The summed E-state index contributed by atoms with van der Waals surface area (Å²) in [6.45, 7) is 10.3. The molecule has 0 bridgehead atoms. The number of aryl methyl sites for hydroxylation is 2. The van der Waals surface area contributed by atoms with Crippen LogP contribution in [-0.4, -0.2) is 55.1 Å². The molecule has 2 aliphatic rings. The van der Waals surface area contributed by atoms with Crippen molar-refractivity contribution in [2.75, 3.05) is 39.4 Å². The minimum absolute atomic E-state index is 0.211. The lowest BCUT2D eigenvalue weighted by Gasteiger charge is -2.35. The summed E-state index contributed by atoms with van der Waals surface area (Å²) < 4.78 is 5.34. The number of benzene rings is 1. The number of ether oxygens (including phenoxy) is 1. The number of rotatable bonds is 3. The minimum atomic E-state index is 0.211.